The first-order valence-corrected chi connectivity index (χ1v) is 16.9. The average molecular weight is 686 g/mol. The van der Waals surface area contributed by atoms with Gasteiger partial charge in [-0.1, -0.05) is 44.9 Å². The molecule has 5 rings (SSSR count). The van der Waals surface area contributed by atoms with Crippen molar-refractivity contribution in [1.82, 2.24) is 0 Å². The van der Waals surface area contributed by atoms with Gasteiger partial charge in [-0.3, -0.25) is 4.99 Å². The van der Waals surface area contributed by atoms with Gasteiger partial charge < -0.3 is 23.7 Å². The standard InChI is InChI=1S/C42H39NO8/c1-3-5-26-47-35-20-14-32(15-21-35)40(44)49-37-22-16-33(17-23-37)42(46)51-39-9-7-8-38(28-39)50-41(45)31-12-10-30(11-13-31)29-43-34-18-24-36(25-19-34)48-27-6-4-2/h7-25,28-29H,3-6,26-27H2,1-2H3. The molecule has 0 unspecified atom stereocenters. The summed E-state index contributed by atoms with van der Waals surface area (Å²) in [5.74, 6) is 0.430. The van der Waals surface area contributed by atoms with E-state index in [0.717, 1.165) is 42.7 Å². The van der Waals surface area contributed by atoms with E-state index in [4.69, 9.17) is 23.7 Å². The number of aliphatic imine (C=N–C) groups is 1. The van der Waals surface area contributed by atoms with Crippen LogP contribution < -0.4 is 23.7 Å². The first kappa shape index (κ1) is 36.1. The molecule has 5 aromatic rings. The second-order valence-electron chi connectivity index (χ2n) is 11.5. The normalized spacial score (nSPS) is 10.8. The largest absolute Gasteiger partial charge is 0.494 e. The van der Waals surface area contributed by atoms with Gasteiger partial charge in [0, 0.05) is 12.3 Å². The lowest BCUT2D eigenvalue weighted by Gasteiger charge is -2.09. The van der Waals surface area contributed by atoms with E-state index in [0.29, 0.717) is 30.1 Å². The van der Waals surface area contributed by atoms with Crippen LogP contribution in [0.5, 0.6) is 28.7 Å². The summed E-state index contributed by atoms with van der Waals surface area (Å²) in [6.45, 7) is 5.52. The number of rotatable bonds is 16. The molecule has 0 heterocycles. The molecule has 9 nitrogen and oxygen atoms in total. The fourth-order valence-corrected chi connectivity index (χ4v) is 4.60. The van der Waals surface area contributed by atoms with Crippen LogP contribution in [0.15, 0.2) is 126 Å². The summed E-state index contributed by atoms with van der Waals surface area (Å²) in [5, 5.41) is 0. The van der Waals surface area contributed by atoms with Crippen molar-refractivity contribution in [2.45, 2.75) is 39.5 Å². The summed E-state index contributed by atoms with van der Waals surface area (Å²) in [7, 11) is 0. The van der Waals surface area contributed by atoms with Gasteiger partial charge in [0.25, 0.3) is 0 Å². The van der Waals surface area contributed by atoms with Gasteiger partial charge in [0.1, 0.15) is 28.7 Å². The molecule has 0 saturated heterocycles. The van der Waals surface area contributed by atoms with Gasteiger partial charge in [0.05, 0.1) is 35.6 Å². The molecule has 0 bridgehead atoms. The van der Waals surface area contributed by atoms with Crippen molar-refractivity contribution in [3.63, 3.8) is 0 Å². The zero-order valence-electron chi connectivity index (χ0n) is 28.6. The first-order valence-electron chi connectivity index (χ1n) is 16.9. The number of benzene rings is 5. The van der Waals surface area contributed by atoms with Crippen molar-refractivity contribution < 1.29 is 38.1 Å². The molecule has 0 aliphatic rings. The van der Waals surface area contributed by atoms with E-state index in [1.54, 1.807) is 72.9 Å². The van der Waals surface area contributed by atoms with Gasteiger partial charge in [0.2, 0.25) is 0 Å². The van der Waals surface area contributed by atoms with Crippen LogP contribution in [0.25, 0.3) is 0 Å². The van der Waals surface area contributed by atoms with Crippen molar-refractivity contribution >= 4 is 29.8 Å². The number of ether oxygens (including phenoxy) is 5. The number of hydrogen-bond donors (Lipinski definition) is 0. The molecule has 5 aromatic carbocycles. The summed E-state index contributed by atoms with van der Waals surface area (Å²) in [6, 6.07) is 33.4. The molecule has 260 valence electrons. The molecule has 0 amide bonds. The smallest absolute Gasteiger partial charge is 0.343 e. The fraction of sp³-hybridized carbons (Fsp3) is 0.190. The third kappa shape index (κ3) is 11.2. The highest BCUT2D eigenvalue weighted by atomic mass is 16.5. The van der Waals surface area contributed by atoms with E-state index in [2.05, 4.69) is 18.8 Å². The lowest BCUT2D eigenvalue weighted by Crippen LogP contribution is -2.11. The molecular weight excluding hydrogens is 646 g/mol. The Morgan fingerprint density at radius 3 is 1.39 bits per heavy atom. The van der Waals surface area contributed by atoms with Crippen LogP contribution in [-0.4, -0.2) is 37.3 Å². The Morgan fingerprint density at radius 1 is 0.510 bits per heavy atom. The topological polar surface area (TPSA) is 110 Å². The predicted octanol–water partition coefficient (Wildman–Crippen LogP) is 9.45. The van der Waals surface area contributed by atoms with Crippen LogP contribution in [0.2, 0.25) is 0 Å². The van der Waals surface area contributed by atoms with Crippen LogP contribution in [0.4, 0.5) is 5.69 Å². The minimum atomic E-state index is -0.636. The highest BCUT2D eigenvalue weighted by Gasteiger charge is 2.14. The quantitative estimate of drug-likeness (QED) is 0.0437. The van der Waals surface area contributed by atoms with E-state index in [1.807, 2.05) is 24.3 Å². The predicted molar refractivity (Wildman–Crippen MR) is 195 cm³/mol. The van der Waals surface area contributed by atoms with E-state index in [1.165, 1.54) is 30.3 Å². The summed E-state index contributed by atoms with van der Waals surface area (Å²) in [5.41, 5.74) is 2.55. The Labute approximate surface area is 297 Å². The molecule has 0 atom stereocenters. The molecule has 0 aliphatic carbocycles. The number of esters is 3. The Morgan fingerprint density at radius 2 is 0.922 bits per heavy atom. The second kappa shape index (κ2) is 18.5. The maximum atomic E-state index is 12.8. The summed E-state index contributed by atoms with van der Waals surface area (Å²) >= 11 is 0. The van der Waals surface area contributed by atoms with Crippen LogP contribution >= 0.6 is 0 Å². The molecule has 0 N–H and O–H groups in total. The average Bonchev–Trinajstić information content (AvgIpc) is 3.15. The van der Waals surface area contributed by atoms with Crippen molar-refractivity contribution in [2.75, 3.05) is 13.2 Å². The molecular formula is C42H39NO8. The number of carbonyl (C=O) groups is 3. The van der Waals surface area contributed by atoms with Gasteiger partial charge in [-0.2, -0.15) is 0 Å². The number of unbranched alkanes of at least 4 members (excludes halogenated alkanes) is 2. The van der Waals surface area contributed by atoms with Crippen molar-refractivity contribution in [3.8, 4) is 28.7 Å². The zero-order chi connectivity index (χ0) is 35.8. The maximum Gasteiger partial charge on any atom is 0.343 e. The number of carbonyl (C=O) groups excluding carboxylic acids is 3. The van der Waals surface area contributed by atoms with Crippen LogP contribution in [0.3, 0.4) is 0 Å². The van der Waals surface area contributed by atoms with Crippen LogP contribution in [0.1, 0.15) is 76.2 Å². The summed E-state index contributed by atoms with van der Waals surface area (Å²) in [4.78, 5) is 42.7. The number of nitrogens with zero attached hydrogens (tertiary/aromatic N) is 1. The monoisotopic (exact) mass is 685 g/mol. The SMILES string of the molecule is CCCCOc1ccc(N=Cc2ccc(C(=O)Oc3cccc(OC(=O)c4ccc(OC(=O)c5ccc(OCCCC)cc5)cc4)c3)cc2)cc1. The van der Waals surface area contributed by atoms with Crippen molar-refractivity contribution in [3.05, 3.63) is 144 Å². The lowest BCUT2D eigenvalue weighted by atomic mass is 10.1. The molecule has 51 heavy (non-hydrogen) atoms. The van der Waals surface area contributed by atoms with Crippen LogP contribution in [0, 0.1) is 0 Å². The highest BCUT2D eigenvalue weighted by Crippen LogP contribution is 2.23. The molecule has 9 heteroatoms. The Kier molecular flexibility index (Phi) is 13.1. The molecule has 0 aromatic heterocycles. The Bertz CT molecular complexity index is 1920. The third-order valence-corrected chi connectivity index (χ3v) is 7.50. The van der Waals surface area contributed by atoms with E-state index < -0.39 is 17.9 Å². The van der Waals surface area contributed by atoms with E-state index >= 15 is 0 Å². The van der Waals surface area contributed by atoms with Gasteiger partial charge in [-0.25, -0.2) is 14.4 Å². The molecule has 0 saturated carbocycles. The minimum Gasteiger partial charge on any atom is -0.494 e. The summed E-state index contributed by atoms with van der Waals surface area (Å²) in [6.07, 6.45) is 5.80. The van der Waals surface area contributed by atoms with Gasteiger partial charge >= 0.3 is 17.9 Å². The summed E-state index contributed by atoms with van der Waals surface area (Å²) < 4.78 is 27.8. The zero-order valence-corrected chi connectivity index (χ0v) is 28.6. The molecule has 0 aliphatic heterocycles. The lowest BCUT2D eigenvalue weighted by molar-refractivity contribution is 0.0723. The van der Waals surface area contributed by atoms with Gasteiger partial charge in [0.15, 0.2) is 0 Å². The first-order chi connectivity index (χ1) is 24.9. The van der Waals surface area contributed by atoms with E-state index in [-0.39, 0.29) is 22.8 Å². The second-order valence-corrected chi connectivity index (χ2v) is 11.5. The third-order valence-electron chi connectivity index (χ3n) is 7.50. The minimum absolute atomic E-state index is 0.190. The van der Waals surface area contributed by atoms with Gasteiger partial charge in [-0.05, 0) is 115 Å². The molecule has 0 radical (unpaired) electrons. The van der Waals surface area contributed by atoms with Crippen molar-refractivity contribution in [2.24, 2.45) is 4.99 Å². The maximum absolute atomic E-state index is 12.8. The van der Waals surface area contributed by atoms with Gasteiger partial charge in [-0.15, -0.1) is 0 Å². The van der Waals surface area contributed by atoms with Crippen molar-refractivity contribution in [1.29, 1.82) is 0 Å². The molecule has 0 spiro atoms. The number of hydrogen-bond acceptors (Lipinski definition) is 9. The van der Waals surface area contributed by atoms with E-state index in [9.17, 15) is 14.4 Å². The Hall–Kier alpha value is -6.22. The Balaban J connectivity index is 1.10. The van der Waals surface area contributed by atoms with Crippen LogP contribution in [-0.2, 0) is 0 Å². The highest BCUT2D eigenvalue weighted by molar-refractivity contribution is 5.94. The fourth-order valence-electron chi connectivity index (χ4n) is 4.60. The molecule has 0 fully saturated rings.